The number of aromatic amines is 1. The van der Waals surface area contributed by atoms with Crippen LogP contribution >= 0.6 is 34.4 Å². The van der Waals surface area contributed by atoms with Gasteiger partial charge in [0.15, 0.2) is 10.1 Å². The molecule has 0 bridgehead atoms. The van der Waals surface area contributed by atoms with Gasteiger partial charge in [0.05, 0.1) is 28.8 Å². The summed E-state index contributed by atoms with van der Waals surface area (Å²) in [6, 6.07) is 7.56. The third-order valence-corrected chi connectivity index (χ3v) is 7.53. The topological polar surface area (TPSA) is 110 Å². The first-order valence-corrected chi connectivity index (χ1v) is 11.5. The predicted octanol–water partition coefficient (Wildman–Crippen LogP) is 4.39. The lowest BCUT2D eigenvalue weighted by Crippen LogP contribution is -2.11. The van der Waals surface area contributed by atoms with Crippen LogP contribution in [0.25, 0.3) is 10.2 Å². The van der Waals surface area contributed by atoms with E-state index in [2.05, 4.69) is 25.5 Å². The molecule has 11 heteroatoms. The zero-order valence-electron chi connectivity index (χ0n) is 16.3. The maximum absolute atomic E-state index is 12.5. The lowest BCUT2D eigenvalue weighted by atomic mass is 10.2. The Morgan fingerprint density at radius 2 is 2.07 bits per heavy atom. The van der Waals surface area contributed by atoms with E-state index in [1.807, 2.05) is 24.3 Å². The van der Waals surface area contributed by atoms with Crippen molar-refractivity contribution in [1.29, 1.82) is 0 Å². The summed E-state index contributed by atoms with van der Waals surface area (Å²) < 4.78 is 6.07. The van der Waals surface area contributed by atoms with Crippen LogP contribution in [0.15, 0.2) is 33.4 Å². The molecule has 0 saturated heterocycles. The molecule has 0 atom stereocenters. The third kappa shape index (κ3) is 4.09. The molecule has 1 aromatic carbocycles. The lowest BCUT2D eigenvalue weighted by Gasteiger charge is -2.07. The van der Waals surface area contributed by atoms with Gasteiger partial charge in [-0.2, -0.15) is 0 Å². The van der Waals surface area contributed by atoms with Crippen LogP contribution in [0, 0.1) is 6.92 Å². The molecule has 3 aromatic heterocycles. The smallest absolute Gasteiger partial charge is 0.259 e. The molecule has 0 aliphatic rings. The molecule has 4 aromatic rings. The molecule has 2 N–H and O–H groups in total. The van der Waals surface area contributed by atoms with E-state index in [4.69, 9.17) is 4.74 Å². The summed E-state index contributed by atoms with van der Waals surface area (Å²) in [6.07, 6.45) is 0. The summed E-state index contributed by atoms with van der Waals surface area (Å²) >= 11 is 4.08. The van der Waals surface area contributed by atoms with Crippen molar-refractivity contribution in [3.8, 4) is 5.75 Å². The van der Waals surface area contributed by atoms with Crippen LogP contribution in [0.4, 0.5) is 10.8 Å². The van der Waals surface area contributed by atoms with Gasteiger partial charge >= 0.3 is 0 Å². The molecule has 0 spiro atoms. The van der Waals surface area contributed by atoms with Crippen molar-refractivity contribution >= 4 is 61.3 Å². The number of thiophene rings is 1. The molecule has 4 rings (SSSR count). The number of anilines is 2. The zero-order valence-corrected chi connectivity index (χ0v) is 18.8. The Hall–Kier alpha value is -2.76. The van der Waals surface area contributed by atoms with Gasteiger partial charge in [0.2, 0.25) is 5.13 Å². The van der Waals surface area contributed by atoms with Gasteiger partial charge in [0.25, 0.3) is 5.56 Å². The van der Waals surface area contributed by atoms with Crippen molar-refractivity contribution in [2.45, 2.75) is 23.9 Å². The number of rotatable bonds is 7. The van der Waals surface area contributed by atoms with Crippen molar-refractivity contribution < 1.29 is 9.53 Å². The van der Waals surface area contributed by atoms with E-state index in [1.165, 1.54) is 41.4 Å². The molecule has 8 nitrogen and oxygen atoms in total. The molecular formula is C19H17N5O3S3. The number of aryl methyl sites for hydroxylation is 1. The number of thioether (sulfide) groups is 1. The number of fused-ring (bicyclic) bond motifs is 1. The minimum absolute atomic E-state index is 0.0604. The van der Waals surface area contributed by atoms with Crippen LogP contribution < -0.4 is 15.6 Å². The number of hydrogen-bond acceptors (Lipinski definition) is 10. The highest BCUT2D eigenvalue weighted by molar-refractivity contribution is 8.00. The fourth-order valence-corrected chi connectivity index (χ4v) is 5.63. The van der Waals surface area contributed by atoms with Gasteiger partial charge in [-0.05, 0) is 31.5 Å². The SMILES string of the molecule is COc1ccccc1Nc1nnc(SCc2nc3sc(C(C)=O)c(C)c3c(=O)[nH]2)s1. The van der Waals surface area contributed by atoms with Crippen molar-refractivity contribution in [3.05, 3.63) is 50.9 Å². The van der Waals surface area contributed by atoms with Gasteiger partial charge in [-0.1, -0.05) is 35.2 Å². The molecule has 0 fully saturated rings. The highest BCUT2D eigenvalue weighted by Crippen LogP contribution is 2.33. The largest absolute Gasteiger partial charge is 0.495 e. The Bertz CT molecular complexity index is 1290. The second-order valence-corrected chi connectivity index (χ2v) is 9.49. The molecule has 0 amide bonds. The molecule has 30 heavy (non-hydrogen) atoms. The van der Waals surface area contributed by atoms with E-state index >= 15 is 0 Å². The van der Waals surface area contributed by atoms with Crippen molar-refractivity contribution in [2.24, 2.45) is 0 Å². The van der Waals surface area contributed by atoms with E-state index in [9.17, 15) is 9.59 Å². The number of methoxy groups -OCH3 is 1. The normalized spacial score (nSPS) is 11.0. The summed E-state index contributed by atoms with van der Waals surface area (Å²) in [5.41, 5.74) is 1.26. The standard InChI is InChI=1S/C19H17N5O3S3/c1-9-14-16(26)21-13(22-17(14)29-15(9)10(2)25)8-28-19-24-23-18(30-19)20-11-6-4-5-7-12(11)27-3/h4-7H,8H2,1-3H3,(H,20,23)(H,21,22,26). The van der Waals surface area contributed by atoms with Gasteiger partial charge in [-0.3, -0.25) is 9.59 Å². The molecule has 0 aliphatic carbocycles. The van der Waals surface area contributed by atoms with Gasteiger partial charge in [-0.25, -0.2) is 4.98 Å². The molecule has 0 unspecified atom stereocenters. The number of ketones is 1. The minimum Gasteiger partial charge on any atom is -0.495 e. The molecule has 0 saturated carbocycles. The summed E-state index contributed by atoms with van der Waals surface area (Å²) in [6.45, 7) is 3.27. The van der Waals surface area contributed by atoms with E-state index in [0.717, 1.165) is 10.0 Å². The number of carbonyl (C=O) groups is 1. The van der Waals surface area contributed by atoms with Crippen LogP contribution in [0.1, 0.15) is 28.0 Å². The summed E-state index contributed by atoms with van der Waals surface area (Å²) in [5, 5.41) is 12.6. The predicted molar refractivity (Wildman–Crippen MR) is 121 cm³/mol. The average Bonchev–Trinajstić information content (AvgIpc) is 3.31. The highest BCUT2D eigenvalue weighted by Gasteiger charge is 2.17. The molecule has 0 radical (unpaired) electrons. The molecule has 0 aliphatic heterocycles. The number of Topliss-reactive ketones (excluding diaryl/α,β-unsaturated/α-hetero) is 1. The molecule has 154 valence electrons. The number of aromatic nitrogens is 4. The van der Waals surface area contributed by atoms with Crippen molar-refractivity contribution in [3.63, 3.8) is 0 Å². The van der Waals surface area contributed by atoms with Crippen LogP contribution in [0.3, 0.4) is 0 Å². The van der Waals surface area contributed by atoms with Crippen LogP contribution in [0.5, 0.6) is 5.75 Å². The van der Waals surface area contributed by atoms with Gasteiger partial charge in [0.1, 0.15) is 16.4 Å². The van der Waals surface area contributed by atoms with Crippen LogP contribution in [-0.2, 0) is 5.75 Å². The first-order chi connectivity index (χ1) is 14.5. The molecule has 3 heterocycles. The quantitative estimate of drug-likeness (QED) is 0.309. The van der Waals surface area contributed by atoms with Gasteiger partial charge in [0, 0.05) is 0 Å². The summed E-state index contributed by atoms with van der Waals surface area (Å²) in [4.78, 5) is 32.7. The van der Waals surface area contributed by atoms with E-state index in [1.54, 1.807) is 14.0 Å². The van der Waals surface area contributed by atoms with E-state index in [-0.39, 0.29) is 11.3 Å². The monoisotopic (exact) mass is 459 g/mol. The van der Waals surface area contributed by atoms with Crippen LogP contribution in [0.2, 0.25) is 0 Å². The summed E-state index contributed by atoms with van der Waals surface area (Å²) in [5.74, 6) is 1.62. The fourth-order valence-electron chi connectivity index (χ4n) is 2.90. The first-order valence-electron chi connectivity index (χ1n) is 8.86. The third-order valence-electron chi connectivity index (χ3n) is 4.26. The van der Waals surface area contributed by atoms with E-state index < -0.39 is 0 Å². The number of benzene rings is 1. The second-order valence-electron chi connectivity index (χ2n) is 6.29. The minimum atomic E-state index is -0.229. The summed E-state index contributed by atoms with van der Waals surface area (Å²) in [7, 11) is 1.61. The average molecular weight is 460 g/mol. The number of para-hydroxylation sites is 2. The van der Waals surface area contributed by atoms with Crippen LogP contribution in [-0.4, -0.2) is 33.1 Å². The highest BCUT2D eigenvalue weighted by atomic mass is 32.2. The Kier molecular flexibility index (Phi) is 5.84. The first kappa shape index (κ1) is 20.5. The van der Waals surface area contributed by atoms with Crippen molar-refractivity contribution in [2.75, 3.05) is 12.4 Å². The Morgan fingerprint density at radius 3 is 2.83 bits per heavy atom. The number of H-pyrrole nitrogens is 1. The Labute approximate surface area is 183 Å². The van der Waals surface area contributed by atoms with E-state index in [0.29, 0.717) is 43.1 Å². The second kappa shape index (κ2) is 8.54. The number of nitrogens with one attached hydrogen (secondary N) is 2. The fraction of sp³-hybridized carbons (Fsp3) is 0.211. The molecular weight excluding hydrogens is 442 g/mol. The number of hydrogen-bond donors (Lipinski definition) is 2. The maximum Gasteiger partial charge on any atom is 0.259 e. The number of ether oxygens (including phenoxy) is 1. The Morgan fingerprint density at radius 1 is 1.27 bits per heavy atom. The van der Waals surface area contributed by atoms with Gasteiger partial charge in [-0.15, -0.1) is 21.5 Å². The van der Waals surface area contributed by atoms with Crippen molar-refractivity contribution in [1.82, 2.24) is 20.2 Å². The number of carbonyl (C=O) groups excluding carboxylic acids is 1. The lowest BCUT2D eigenvalue weighted by molar-refractivity contribution is 0.102. The number of nitrogens with zero attached hydrogens (tertiary/aromatic N) is 3. The Balaban J connectivity index is 1.49. The van der Waals surface area contributed by atoms with Gasteiger partial charge < -0.3 is 15.0 Å². The zero-order chi connectivity index (χ0) is 21.3. The maximum atomic E-state index is 12.5.